The highest BCUT2D eigenvalue weighted by molar-refractivity contribution is 7.09. The Bertz CT molecular complexity index is 675. The standard InChI is InChI=1S/C17H18ClFN2OS/c1-3-8-21(11-14-5-4-9-23-14)17(22)20-12(2)13-6-7-16(19)15(18)10-13/h3-7,9-10,12H,1,8,11H2,2H3,(H,20,22). The maximum atomic E-state index is 13.2. The van der Waals surface area contributed by atoms with Gasteiger partial charge in [-0.3, -0.25) is 0 Å². The van der Waals surface area contributed by atoms with Crippen molar-refractivity contribution in [2.45, 2.75) is 19.5 Å². The lowest BCUT2D eigenvalue weighted by atomic mass is 10.1. The van der Waals surface area contributed by atoms with Gasteiger partial charge in [-0.2, -0.15) is 0 Å². The monoisotopic (exact) mass is 352 g/mol. The summed E-state index contributed by atoms with van der Waals surface area (Å²) in [6, 6.07) is 7.89. The lowest BCUT2D eigenvalue weighted by Gasteiger charge is -2.24. The van der Waals surface area contributed by atoms with Crippen LogP contribution in [0.3, 0.4) is 0 Å². The van der Waals surface area contributed by atoms with Gasteiger partial charge in [-0.25, -0.2) is 9.18 Å². The van der Waals surface area contributed by atoms with Crippen LogP contribution in [0, 0.1) is 5.82 Å². The van der Waals surface area contributed by atoms with E-state index in [4.69, 9.17) is 11.6 Å². The molecule has 2 rings (SSSR count). The van der Waals surface area contributed by atoms with Gasteiger partial charge in [0.25, 0.3) is 0 Å². The first-order valence-electron chi connectivity index (χ1n) is 7.15. The first kappa shape index (κ1) is 17.5. The molecule has 0 spiro atoms. The van der Waals surface area contributed by atoms with Crippen LogP contribution in [0.4, 0.5) is 9.18 Å². The smallest absolute Gasteiger partial charge is 0.318 e. The van der Waals surface area contributed by atoms with Gasteiger partial charge in [0.05, 0.1) is 17.6 Å². The van der Waals surface area contributed by atoms with Crippen LogP contribution < -0.4 is 5.32 Å². The summed E-state index contributed by atoms with van der Waals surface area (Å²) in [6.45, 7) is 6.49. The van der Waals surface area contributed by atoms with Crippen LogP contribution in [0.1, 0.15) is 23.4 Å². The third-order valence-corrected chi connectivity index (χ3v) is 4.50. The molecule has 1 N–H and O–H groups in total. The molecule has 0 fully saturated rings. The van der Waals surface area contributed by atoms with Gasteiger partial charge in [-0.15, -0.1) is 17.9 Å². The fraction of sp³-hybridized carbons (Fsp3) is 0.235. The molecule has 23 heavy (non-hydrogen) atoms. The van der Waals surface area contributed by atoms with Crippen molar-refractivity contribution in [2.24, 2.45) is 0 Å². The molecule has 3 nitrogen and oxygen atoms in total. The van der Waals surface area contributed by atoms with E-state index < -0.39 is 5.82 Å². The SMILES string of the molecule is C=CCN(Cc1cccs1)C(=O)NC(C)c1ccc(F)c(Cl)c1. The van der Waals surface area contributed by atoms with Crippen LogP contribution in [0.15, 0.2) is 48.4 Å². The summed E-state index contributed by atoms with van der Waals surface area (Å²) in [5.74, 6) is -0.472. The highest BCUT2D eigenvalue weighted by Crippen LogP contribution is 2.21. The Morgan fingerprint density at radius 2 is 2.30 bits per heavy atom. The van der Waals surface area contributed by atoms with Crippen molar-refractivity contribution >= 4 is 29.0 Å². The molecule has 0 radical (unpaired) electrons. The third kappa shape index (κ3) is 4.81. The molecule has 0 bridgehead atoms. The summed E-state index contributed by atoms with van der Waals surface area (Å²) in [4.78, 5) is 15.2. The zero-order chi connectivity index (χ0) is 16.8. The average Bonchev–Trinajstić information content (AvgIpc) is 3.02. The normalized spacial score (nSPS) is 11.8. The van der Waals surface area contributed by atoms with E-state index in [2.05, 4.69) is 11.9 Å². The molecule has 0 saturated carbocycles. The highest BCUT2D eigenvalue weighted by atomic mass is 35.5. The lowest BCUT2D eigenvalue weighted by molar-refractivity contribution is 0.198. The number of benzene rings is 1. The average molecular weight is 353 g/mol. The minimum absolute atomic E-state index is 0.0464. The van der Waals surface area contributed by atoms with Crippen LogP contribution in [-0.2, 0) is 6.54 Å². The van der Waals surface area contributed by atoms with Crippen LogP contribution in [0.2, 0.25) is 5.02 Å². The molecular formula is C17H18ClFN2OS. The number of nitrogens with zero attached hydrogens (tertiary/aromatic N) is 1. The van der Waals surface area contributed by atoms with Crippen molar-refractivity contribution in [1.82, 2.24) is 10.2 Å². The van der Waals surface area contributed by atoms with E-state index in [9.17, 15) is 9.18 Å². The quantitative estimate of drug-likeness (QED) is 0.729. The number of carbonyl (C=O) groups is 1. The summed E-state index contributed by atoms with van der Waals surface area (Å²) in [5.41, 5.74) is 0.749. The van der Waals surface area contributed by atoms with E-state index in [0.29, 0.717) is 13.1 Å². The summed E-state index contributed by atoms with van der Waals surface area (Å²) in [7, 11) is 0. The van der Waals surface area contributed by atoms with Crippen LogP contribution >= 0.6 is 22.9 Å². The van der Waals surface area contributed by atoms with Crippen molar-refractivity contribution < 1.29 is 9.18 Å². The predicted molar refractivity (Wildman–Crippen MR) is 93.3 cm³/mol. The second kappa shape index (κ2) is 8.13. The molecule has 2 amide bonds. The fourth-order valence-corrected chi connectivity index (χ4v) is 3.02. The Hall–Kier alpha value is -1.85. The summed E-state index contributed by atoms with van der Waals surface area (Å²) >= 11 is 7.39. The molecule has 1 unspecified atom stereocenters. The van der Waals surface area contributed by atoms with Crippen molar-refractivity contribution in [3.05, 3.63) is 69.6 Å². The maximum Gasteiger partial charge on any atom is 0.318 e. The number of rotatable bonds is 6. The summed E-state index contributed by atoms with van der Waals surface area (Å²) < 4.78 is 13.2. The van der Waals surface area contributed by atoms with Crippen LogP contribution in [0.25, 0.3) is 0 Å². The number of amides is 2. The van der Waals surface area contributed by atoms with Crippen LogP contribution in [-0.4, -0.2) is 17.5 Å². The molecule has 0 aliphatic rings. The van der Waals surface area contributed by atoms with Gasteiger partial charge in [-0.05, 0) is 36.1 Å². The number of halogens is 2. The molecule has 1 atom stereocenters. The Balaban J connectivity index is 2.04. The largest absolute Gasteiger partial charge is 0.331 e. The number of carbonyl (C=O) groups excluding carboxylic acids is 1. The second-order valence-corrected chi connectivity index (χ2v) is 6.53. The van der Waals surface area contributed by atoms with Gasteiger partial charge in [0.15, 0.2) is 0 Å². The van der Waals surface area contributed by atoms with Crippen molar-refractivity contribution in [2.75, 3.05) is 6.54 Å². The second-order valence-electron chi connectivity index (χ2n) is 5.09. The Kier molecular flexibility index (Phi) is 6.19. The molecular weight excluding hydrogens is 335 g/mol. The zero-order valence-electron chi connectivity index (χ0n) is 12.8. The molecule has 0 saturated heterocycles. The molecule has 122 valence electrons. The molecule has 1 heterocycles. The molecule has 6 heteroatoms. The van der Waals surface area contributed by atoms with Gasteiger partial charge in [0, 0.05) is 11.4 Å². The number of urea groups is 1. The van der Waals surface area contributed by atoms with E-state index in [0.717, 1.165) is 10.4 Å². The lowest BCUT2D eigenvalue weighted by Crippen LogP contribution is -2.40. The van der Waals surface area contributed by atoms with Crippen molar-refractivity contribution in [1.29, 1.82) is 0 Å². The highest BCUT2D eigenvalue weighted by Gasteiger charge is 2.17. The maximum absolute atomic E-state index is 13.2. The Morgan fingerprint density at radius 3 is 2.91 bits per heavy atom. The third-order valence-electron chi connectivity index (χ3n) is 3.35. The van der Waals surface area contributed by atoms with Gasteiger partial charge in [0.1, 0.15) is 5.82 Å². The van der Waals surface area contributed by atoms with E-state index in [1.807, 2.05) is 24.4 Å². The Labute approximate surface area is 144 Å². The predicted octanol–water partition coefficient (Wildman–Crippen LogP) is 5.00. The summed E-state index contributed by atoms with van der Waals surface area (Å²) in [6.07, 6.45) is 1.69. The summed E-state index contributed by atoms with van der Waals surface area (Å²) in [5, 5.41) is 4.92. The first-order valence-corrected chi connectivity index (χ1v) is 8.40. The number of thiophene rings is 1. The van der Waals surface area contributed by atoms with E-state index >= 15 is 0 Å². The molecule has 0 aliphatic carbocycles. The topological polar surface area (TPSA) is 32.3 Å². The first-order chi connectivity index (χ1) is 11.0. The molecule has 1 aromatic carbocycles. The molecule has 0 aliphatic heterocycles. The van der Waals surface area contributed by atoms with Gasteiger partial charge >= 0.3 is 6.03 Å². The number of nitrogens with one attached hydrogen (secondary N) is 1. The van der Waals surface area contributed by atoms with E-state index in [1.165, 1.54) is 12.1 Å². The van der Waals surface area contributed by atoms with Gasteiger partial charge < -0.3 is 10.2 Å². The zero-order valence-corrected chi connectivity index (χ0v) is 14.3. The van der Waals surface area contributed by atoms with E-state index in [1.54, 1.807) is 28.4 Å². The van der Waals surface area contributed by atoms with Crippen molar-refractivity contribution in [3.8, 4) is 0 Å². The number of hydrogen-bond acceptors (Lipinski definition) is 2. The van der Waals surface area contributed by atoms with Crippen LogP contribution in [0.5, 0.6) is 0 Å². The van der Waals surface area contributed by atoms with Gasteiger partial charge in [0.2, 0.25) is 0 Å². The molecule has 2 aromatic rings. The van der Waals surface area contributed by atoms with Gasteiger partial charge in [-0.1, -0.05) is 29.8 Å². The Morgan fingerprint density at radius 1 is 1.52 bits per heavy atom. The molecule has 1 aromatic heterocycles. The minimum atomic E-state index is -0.472. The fourth-order valence-electron chi connectivity index (χ4n) is 2.11. The van der Waals surface area contributed by atoms with Crippen molar-refractivity contribution in [3.63, 3.8) is 0 Å². The van der Waals surface area contributed by atoms with E-state index in [-0.39, 0.29) is 17.1 Å². The number of hydrogen-bond donors (Lipinski definition) is 1. The minimum Gasteiger partial charge on any atom is -0.331 e.